The standard InChI is InChI=1S/C30H19N11O17S2.C30H19N11O14S.Cr.3Na/c42-28-21(9-18(40(49)50)10-24(28)41(51)52)35-36-23-13-22(29(43)27(30(23)44)37-33-20-8-6-17(39(47)48)12-26(20)60(56,57)58)34-32-15-3-1-14(2-4-15)31-19-7-5-16(38(45)46)11-25(19)59(53,54)55;42-28-22(11-20(40(49)50)12-25(28)41(51)52)35-36-24-14-23(29(43)27(30(24)44)37-33-17-5-7-18(8-6-17)38(45)46)34-32-16-3-1-15(2-4-16)31-21-10-9-19(39(47)48)13-26(21)56(53,54)55;;;;/h1-13,31,42-44H,(H,53,54,55)(H,56,57,58);1-14,31,42-44H,(H,53,54,55);;;;/q;;+3;3*+1/p-6. The van der Waals surface area contributed by atoms with Crippen LogP contribution >= 0.6 is 0 Å². The fourth-order valence-electron chi connectivity index (χ4n) is 9.11. The van der Waals surface area contributed by atoms with E-state index in [1.165, 1.54) is 60.7 Å². The van der Waals surface area contributed by atoms with Gasteiger partial charge in [-0.25, -0.2) is 25.3 Å². The van der Waals surface area contributed by atoms with Crippen molar-refractivity contribution in [1.82, 2.24) is 0 Å². The maximum absolute atomic E-state index is 13.4. The van der Waals surface area contributed by atoms with E-state index >= 15 is 0 Å². The van der Waals surface area contributed by atoms with Gasteiger partial charge in [0.15, 0.2) is 11.5 Å². The van der Waals surface area contributed by atoms with E-state index in [-0.39, 0.29) is 153 Å². The van der Waals surface area contributed by atoms with E-state index in [0.717, 1.165) is 48.5 Å². The fraction of sp³-hybridized carbons (Fsp3) is 0. The van der Waals surface area contributed by atoms with Gasteiger partial charge in [0.05, 0.1) is 117 Å². The molecule has 0 aliphatic rings. The summed E-state index contributed by atoms with van der Waals surface area (Å²) < 4.78 is 106. The zero-order valence-corrected chi connectivity index (χ0v) is 69.1. The van der Waals surface area contributed by atoms with E-state index in [0.29, 0.717) is 54.6 Å². The van der Waals surface area contributed by atoms with Crippen LogP contribution in [-0.2, 0) is 47.7 Å². The zero-order valence-electron chi connectivity index (χ0n) is 60.4. The van der Waals surface area contributed by atoms with Gasteiger partial charge in [0, 0.05) is 83.5 Å². The van der Waals surface area contributed by atoms with Crippen molar-refractivity contribution in [2.24, 2.45) is 61.4 Å². The number of anilines is 4. The molecule has 1 radical (unpaired) electrons. The Balaban J connectivity index is 0.000000489. The Bertz CT molecular complexity index is 6390. The molecule has 0 heterocycles. The van der Waals surface area contributed by atoms with Gasteiger partial charge in [-0.3, -0.25) is 80.9 Å². The second-order valence-electron chi connectivity index (χ2n) is 22.0. The van der Waals surface area contributed by atoms with E-state index in [9.17, 15) is 150 Å². The van der Waals surface area contributed by atoms with Crippen molar-refractivity contribution in [3.8, 4) is 34.5 Å². The molecule has 0 saturated heterocycles. The van der Waals surface area contributed by atoms with Gasteiger partial charge in [0.25, 0.3) is 45.5 Å². The normalized spacial score (nSPS) is 11.4. The van der Waals surface area contributed by atoms with Crippen LogP contribution < -0.4 is 120 Å². The molecular formula is C60H32CrN22Na3O31S3. The van der Waals surface area contributed by atoms with Crippen molar-refractivity contribution in [3.05, 3.63) is 245 Å². The number of hydrogen-bond donors (Lipinski definition) is 4. The Morgan fingerprint density at radius 2 is 0.550 bits per heavy atom. The Kier molecular flexibility index (Phi) is 33.0. The summed E-state index contributed by atoms with van der Waals surface area (Å²) in [4.78, 5) is 78.4. The predicted octanol–water partition coefficient (Wildman–Crippen LogP) is 4.16. The van der Waals surface area contributed by atoms with E-state index < -0.39 is 210 Å². The number of nitrogens with one attached hydrogen (secondary N) is 2. The summed E-state index contributed by atoms with van der Waals surface area (Å²) in [5, 5.41) is 213. The summed E-state index contributed by atoms with van der Waals surface area (Å²) >= 11 is 0. The number of non-ortho nitro benzene ring substituents is 6. The second-order valence-corrected chi connectivity index (χ2v) is 26.0. The van der Waals surface area contributed by atoms with Crippen molar-refractivity contribution in [1.29, 1.82) is 0 Å². The number of hydrogen-bond acceptors (Lipinski definition) is 45. The van der Waals surface area contributed by atoms with Crippen molar-refractivity contribution >= 4 is 167 Å². The minimum Gasteiger partial charge on any atom is -0.869 e. The molecule has 0 saturated carbocycles. The minimum absolute atomic E-state index is 0. The average Bonchev–Trinajstić information content (AvgIpc) is 0.800. The molecule has 120 heavy (non-hydrogen) atoms. The van der Waals surface area contributed by atoms with Crippen LogP contribution in [0.15, 0.2) is 240 Å². The molecule has 0 atom stereocenters. The fourth-order valence-corrected chi connectivity index (χ4v) is 11.0. The maximum atomic E-state index is 13.4. The Labute approximate surface area is 742 Å². The average molecular weight is 1770 g/mol. The summed E-state index contributed by atoms with van der Waals surface area (Å²) in [6, 6.07) is 24.8. The summed E-state index contributed by atoms with van der Waals surface area (Å²) in [7, 11) is -15.8. The molecule has 0 aliphatic heterocycles. The Morgan fingerprint density at radius 1 is 0.283 bits per heavy atom. The zero-order chi connectivity index (χ0) is 85.2. The van der Waals surface area contributed by atoms with Crippen molar-refractivity contribution in [2.45, 2.75) is 14.7 Å². The van der Waals surface area contributed by atoms with Gasteiger partial charge in [0.1, 0.15) is 58.8 Å². The molecule has 4 N–H and O–H groups in total. The van der Waals surface area contributed by atoms with Crippen molar-refractivity contribution < 1.29 is 216 Å². The van der Waals surface area contributed by atoms with Gasteiger partial charge < -0.3 is 54.9 Å². The molecule has 595 valence electrons. The third kappa shape index (κ3) is 24.2. The molecular weight excluding hydrogens is 1740 g/mol. The molecule has 0 aromatic heterocycles. The largest absolute Gasteiger partial charge is 3.00 e. The van der Waals surface area contributed by atoms with Crippen LogP contribution in [-0.4, -0.2) is 88.5 Å². The second kappa shape index (κ2) is 40.7. The molecule has 0 bridgehead atoms. The summed E-state index contributed by atoms with van der Waals surface area (Å²) in [5.74, 6) is -7.57. The van der Waals surface area contributed by atoms with Crippen LogP contribution in [0, 0.1) is 80.9 Å². The summed E-state index contributed by atoms with van der Waals surface area (Å²) in [6.45, 7) is 0. The van der Waals surface area contributed by atoms with Crippen LogP contribution in [0.25, 0.3) is 0 Å². The van der Waals surface area contributed by atoms with Crippen LogP contribution in [0.2, 0.25) is 0 Å². The SMILES string of the molecule is O=[N+]([O-])c1cc(N=Nc2cc(N=Nc3ccc(Nc4ccc([N+](=O)[O-])cc4S(=O)(=O)[O-])cc3)c(O)c(N=Nc3ccc([N+](=O)[O-])cc3S(=O)(=O)[O-])c2[O-])c([O-])c([N+](=O)[O-])c1.O=[N+]([O-])c1ccc(N=Nc2c([O-])c(N=Nc3cc([N+](=O)[O-])cc([N+](=O)[O-])c3[O-])cc(N=Nc3ccc(Nc4ccc([N+](=O)[O-])cc4S(=O)(=O)[O-])cc3)c2O)cc1.[Cr+3].[H+].[Na+].[Na+].[Na+]. The third-order valence-electron chi connectivity index (χ3n) is 14.5. The first kappa shape index (κ1) is 97.2. The number of phenols is 2. The third-order valence-corrected chi connectivity index (χ3v) is 17.1. The monoisotopic (exact) mass is 1770 g/mol. The van der Waals surface area contributed by atoms with E-state index in [4.69, 9.17) is 0 Å². The number of azo groups is 6. The number of phenolic OH excluding ortho intramolecular Hbond substituents is 2. The van der Waals surface area contributed by atoms with Gasteiger partial charge in [-0.05, 0) is 102 Å². The van der Waals surface area contributed by atoms with E-state index in [1.54, 1.807) is 0 Å². The molecule has 0 unspecified atom stereocenters. The quantitative estimate of drug-likeness (QED) is 0.0185. The topological polar surface area (TPSA) is 822 Å². The summed E-state index contributed by atoms with van der Waals surface area (Å²) in [6.07, 6.45) is 0. The molecule has 60 heteroatoms. The van der Waals surface area contributed by atoms with Crippen LogP contribution in [0.3, 0.4) is 0 Å². The molecule has 10 aromatic carbocycles. The van der Waals surface area contributed by atoms with Crippen molar-refractivity contribution in [2.75, 3.05) is 10.6 Å². The number of rotatable bonds is 27. The van der Waals surface area contributed by atoms with Gasteiger partial charge in [0.2, 0.25) is 0 Å². The van der Waals surface area contributed by atoms with Gasteiger partial charge in [-0.1, -0.05) is 0 Å². The number of aromatic hydroxyl groups is 2. The number of nitro groups is 8. The van der Waals surface area contributed by atoms with E-state index in [2.05, 4.69) is 72.0 Å². The first-order chi connectivity index (χ1) is 54.5. The van der Waals surface area contributed by atoms with Crippen LogP contribution in [0.5, 0.6) is 34.5 Å². The maximum Gasteiger partial charge on any atom is 3.00 e. The molecule has 10 aromatic rings. The van der Waals surface area contributed by atoms with E-state index in [1.807, 2.05) is 0 Å². The number of benzene rings is 10. The Hall–Kier alpha value is -13.3. The molecule has 0 spiro atoms. The van der Waals surface area contributed by atoms with Gasteiger partial charge in [-0.2, -0.15) is 35.8 Å². The summed E-state index contributed by atoms with van der Waals surface area (Å²) in [5.41, 5.74) is -14.7. The predicted molar refractivity (Wildman–Crippen MR) is 375 cm³/mol. The van der Waals surface area contributed by atoms with Crippen LogP contribution in [0.1, 0.15) is 1.43 Å². The minimum atomic E-state index is -5.48. The molecule has 10 rings (SSSR count). The number of nitro benzene ring substituents is 8. The molecule has 0 amide bonds. The first-order valence-corrected chi connectivity index (χ1v) is 34.3. The molecule has 0 fully saturated rings. The first-order valence-electron chi connectivity index (χ1n) is 30.1. The molecule has 53 nitrogen and oxygen atoms in total. The van der Waals surface area contributed by atoms with Crippen molar-refractivity contribution in [3.63, 3.8) is 0 Å². The number of nitrogens with zero attached hydrogens (tertiary/aromatic N) is 20. The Morgan fingerprint density at radius 3 is 0.867 bits per heavy atom. The smallest absolute Gasteiger partial charge is 0.869 e. The molecule has 0 aliphatic carbocycles. The van der Waals surface area contributed by atoms with Gasteiger partial charge >= 0.3 is 107 Å². The van der Waals surface area contributed by atoms with Gasteiger partial charge in [-0.15, -0.1) is 25.6 Å². The van der Waals surface area contributed by atoms with Crippen LogP contribution in [0.4, 0.5) is 136 Å².